The van der Waals surface area contributed by atoms with Crippen molar-refractivity contribution in [2.24, 2.45) is 0 Å². The minimum absolute atomic E-state index is 0.0263. The summed E-state index contributed by atoms with van der Waals surface area (Å²) >= 11 is 0. The highest BCUT2D eigenvalue weighted by Gasteiger charge is 2.24. The molecule has 9 nitrogen and oxygen atoms in total. The molecule has 1 atom stereocenters. The number of likely N-dealkylation sites (N-methyl/N-ethyl adjacent to an activating group) is 1. The summed E-state index contributed by atoms with van der Waals surface area (Å²) in [5.41, 5.74) is 4.32. The molecule has 2 aliphatic heterocycles. The van der Waals surface area contributed by atoms with Gasteiger partial charge >= 0.3 is 0 Å². The number of fused-ring (bicyclic) bond motifs is 3. The predicted octanol–water partition coefficient (Wildman–Crippen LogP) is 3.55. The second kappa shape index (κ2) is 8.56. The molecule has 5 heterocycles. The first-order chi connectivity index (χ1) is 17.4. The topological polar surface area (TPSA) is 108 Å². The first-order valence-electron chi connectivity index (χ1n) is 12.0. The second-order valence-electron chi connectivity index (χ2n) is 9.41. The van der Waals surface area contributed by atoms with Gasteiger partial charge in [0.05, 0.1) is 17.5 Å². The highest BCUT2D eigenvalue weighted by atomic mass is 19.1. The summed E-state index contributed by atoms with van der Waals surface area (Å²) in [5.74, 6) is 0.842. The second-order valence-corrected chi connectivity index (χ2v) is 9.41. The molecule has 0 aliphatic carbocycles. The summed E-state index contributed by atoms with van der Waals surface area (Å²) in [6.07, 6.45) is 3.96. The molecule has 36 heavy (non-hydrogen) atoms. The lowest BCUT2D eigenvalue weighted by Crippen LogP contribution is -2.29. The Kier molecular flexibility index (Phi) is 5.33. The molecule has 2 aliphatic rings. The molecule has 1 unspecified atom stereocenters. The quantitative estimate of drug-likeness (QED) is 0.406. The van der Waals surface area contributed by atoms with E-state index in [1.807, 2.05) is 19.1 Å². The fourth-order valence-electron chi connectivity index (χ4n) is 4.92. The maximum absolute atomic E-state index is 15.2. The van der Waals surface area contributed by atoms with E-state index in [0.717, 1.165) is 28.8 Å². The van der Waals surface area contributed by atoms with E-state index in [1.165, 1.54) is 6.07 Å². The Morgan fingerprint density at radius 3 is 2.83 bits per heavy atom. The van der Waals surface area contributed by atoms with Crippen molar-refractivity contribution in [3.8, 4) is 11.1 Å². The fourth-order valence-corrected chi connectivity index (χ4v) is 4.92. The van der Waals surface area contributed by atoms with Crippen LogP contribution in [0.5, 0.6) is 0 Å². The summed E-state index contributed by atoms with van der Waals surface area (Å²) < 4.78 is 16.9. The molecular weight excluding hydrogens is 461 g/mol. The number of hydrogen-bond donors (Lipinski definition) is 3. The Labute approximate surface area is 207 Å². The summed E-state index contributed by atoms with van der Waals surface area (Å²) in [5, 5.41) is 22.8. The van der Waals surface area contributed by atoms with E-state index in [4.69, 9.17) is 0 Å². The molecule has 0 spiro atoms. The lowest BCUT2D eigenvalue weighted by atomic mass is 9.95. The van der Waals surface area contributed by atoms with E-state index in [-0.39, 0.29) is 18.3 Å². The van der Waals surface area contributed by atoms with Crippen LogP contribution in [0, 0.1) is 12.7 Å². The Balaban J connectivity index is 1.34. The van der Waals surface area contributed by atoms with Crippen LogP contribution in [0.3, 0.4) is 0 Å². The van der Waals surface area contributed by atoms with Gasteiger partial charge in [0.25, 0.3) is 0 Å². The summed E-state index contributed by atoms with van der Waals surface area (Å²) in [6, 6.07) is 7.05. The van der Waals surface area contributed by atoms with E-state index >= 15 is 4.39 Å². The molecule has 0 saturated heterocycles. The van der Waals surface area contributed by atoms with Crippen molar-refractivity contribution in [1.82, 2.24) is 24.6 Å². The number of nitrogens with zero attached hydrogens (tertiary/aromatic N) is 5. The van der Waals surface area contributed by atoms with E-state index in [2.05, 4.69) is 25.7 Å². The van der Waals surface area contributed by atoms with Crippen molar-refractivity contribution in [3.63, 3.8) is 0 Å². The number of hydrogen-bond acceptors (Lipinski definition) is 7. The van der Waals surface area contributed by atoms with Crippen LogP contribution in [-0.4, -0.2) is 55.8 Å². The smallest absolute Gasteiger partial charge is 0.244 e. The normalized spacial score (nSPS) is 17.4. The highest BCUT2D eigenvalue weighted by molar-refractivity contribution is 5.90. The van der Waals surface area contributed by atoms with Gasteiger partial charge in [-0.2, -0.15) is 5.10 Å². The van der Waals surface area contributed by atoms with Gasteiger partial charge in [-0.3, -0.25) is 14.5 Å². The zero-order valence-corrected chi connectivity index (χ0v) is 20.0. The van der Waals surface area contributed by atoms with Crippen molar-refractivity contribution in [1.29, 1.82) is 0 Å². The minimum Gasteiger partial charge on any atom is -0.387 e. The van der Waals surface area contributed by atoms with Crippen molar-refractivity contribution < 1.29 is 14.3 Å². The fraction of sp³-hybridized carbons (Fsp3) is 0.308. The molecular formula is C26H26FN7O2. The molecule has 0 bridgehead atoms. The van der Waals surface area contributed by atoms with Crippen molar-refractivity contribution >= 4 is 34.0 Å². The predicted molar refractivity (Wildman–Crippen MR) is 135 cm³/mol. The molecule has 4 aromatic rings. The molecule has 0 radical (unpaired) electrons. The summed E-state index contributed by atoms with van der Waals surface area (Å²) in [6.45, 7) is 3.41. The van der Waals surface area contributed by atoms with Crippen molar-refractivity contribution in [2.75, 3.05) is 30.8 Å². The van der Waals surface area contributed by atoms with Gasteiger partial charge in [-0.05, 0) is 42.5 Å². The van der Waals surface area contributed by atoms with E-state index in [1.54, 1.807) is 35.1 Å². The molecule has 6 rings (SSSR count). The van der Waals surface area contributed by atoms with Gasteiger partial charge in [-0.1, -0.05) is 0 Å². The number of aliphatic hydroxyl groups is 1. The molecule has 1 amide bonds. The highest BCUT2D eigenvalue weighted by Crippen LogP contribution is 2.38. The number of pyridine rings is 2. The average molecular weight is 488 g/mol. The van der Waals surface area contributed by atoms with Crippen LogP contribution >= 0.6 is 0 Å². The number of anilines is 3. The number of carbonyl (C=O) groups is 1. The number of amides is 1. The molecule has 184 valence electrons. The first kappa shape index (κ1) is 22.4. The van der Waals surface area contributed by atoms with Gasteiger partial charge in [-0.15, -0.1) is 0 Å². The number of benzene rings is 1. The van der Waals surface area contributed by atoms with Gasteiger partial charge in [-0.25, -0.2) is 9.37 Å². The van der Waals surface area contributed by atoms with E-state index in [0.29, 0.717) is 53.4 Å². The SMILES string of the molecule is Cc1c(-c2cc3cc(Nc4cc5n(n4)CC(=O)N(C)CC5)ncc3cc2F)cnc2c1NCCC2O. The number of halogens is 1. The molecule has 0 fully saturated rings. The first-order valence-corrected chi connectivity index (χ1v) is 12.0. The molecule has 0 saturated carbocycles. The molecule has 3 aromatic heterocycles. The number of nitrogens with one attached hydrogen (secondary N) is 2. The van der Waals surface area contributed by atoms with Crippen LogP contribution in [0.25, 0.3) is 21.9 Å². The standard InChI is InChI=1S/C26H26FN7O2/c1-14-19(12-30-26-21(35)3-5-28-25(14)26)18-7-15-9-22(29-11-16(15)8-20(18)27)31-23-10-17-4-6-33(2)24(36)13-34(17)32-23/h7-12,21,28,35H,3-6,13H2,1-2H3,(H,29,31,32). The lowest BCUT2D eigenvalue weighted by molar-refractivity contribution is -0.130. The molecule has 10 heteroatoms. The third-order valence-electron chi connectivity index (χ3n) is 7.03. The maximum atomic E-state index is 15.2. The van der Waals surface area contributed by atoms with Gasteiger partial charge in [0, 0.05) is 67.2 Å². The van der Waals surface area contributed by atoms with E-state index in [9.17, 15) is 9.90 Å². The van der Waals surface area contributed by atoms with E-state index < -0.39 is 6.10 Å². The third-order valence-corrected chi connectivity index (χ3v) is 7.03. The Morgan fingerprint density at radius 2 is 1.97 bits per heavy atom. The molecule has 1 aromatic carbocycles. The number of carbonyl (C=O) groups excluding carboxylic acids is 1. The zero-order valence-electron chi connectivity index (χ0n) is 20.0. The van der Waals surface area contributed by atoms with Crippen LogP contribution in [0.4, 0.5) is 21.7 Å². The summed E-state index contributed by atoms with van der Waals surface area (Å²) in [4.78, 5) is 22.7. The summed E-state index contributed by atoms with van der Waals surface area (Å²) in [7, 11) is 1.80. The maximum Gasteiger partial charge on any atom is 0.244 e. The zero-order chi connectivity index (χ0) is 25.0. The van der Waals surface area contributed by atoms with Gasteiger partial charge in [0.1, 0.15) is 18.2 Å². The van der Waals surface area contributed by atoms with Crippen LogP contribution < -0.4 is 10.6 Å². The Bertz CT molecular complexity index is 1520. The van der Waals surface area contributed by atoms with Crippen LogP contribution in [0.1, 0.15) is 29.5 Å². The molecule has 3 N–H and O–H groups in total. The van der Waals surface area contributed by atoms with Crippen molar-refractivity contribution in [3.05, 3.63) is 59.4 Å². The largest absolute Gasteiger partial charge is 0.387 e. The third kappa shape index (κ3) is 3.83. The average Bonchev–Trinajstić information content (AvgIpc) is 3.18. The number of rotatable bonds is 3. The van der Waals surface area contributed by atoms with Gasteiger partial charge in [0.2, 0.25) is 5.91 Å². The van der Waals surface area contributed by atoms with Crippen LogP contribution in [0.2, 0.25) is 0 Å². The number of aromatic nitrogens is 4. The minimum atomic E-state index is -0.618. The van der Waals surface area contributed by atoms with Crippen LogP contribution in [0.15, 0.2) is 36.7 Å². The lowest BCUT2D eigenvalue weighted by Gasteiger charge is -2.25. The van der Waals surface area contributed by atoms with Crippen LogP contribution in [-0.2, 0) is 17.8 Å². The van der Waals surface area contributed by atoms with Gasteiger partial charge < -0.3 is 20.6 Å². The van der Waals surface area contributed by atoms with Crippen molar-refractivity contribution in [2.45, 2.75) is 32.4 Å². The monoisotopic (exact) mass is 487 g/mol. The van der Waals surface area contributed by atoms with Gasteiger partial charge in [0.15, 0.2) is 5.82 Å². The number of aliphatic hydroxyl groups excluding tert-OH is 1. The Hall–Kier alpha value is -4.05. The Morgan fingerprint density at radius 1 is 1.11 bits per heavy atom.